The molecule has 0 bridgehead atoms. The highest BCUT2D eigenvalue weighted by molar-refractivity contribution is 5.85. The van der Waals surface area contributed by atoms with Crippen LogP contribution in [0.3, 0.4) is 0 Å². The fourth-order valence-electron chi connectivity index (χ4n) is 3.87. The number of likely N-dealkylation sites (tertiary alicyclic amines) is 1. The number of hydrogen-bond acceptors (Lipinski definition) is 2. The molecule has 2 aromatic carbocycles. The second kappa shape index (κ2) is 7.94. The lowest BCUT2D eigenvalue weighted by atomic mass is 9.89. The largest absolute Gasteiger partial charge is 0.508 e. The SMILES string of the molecule is Cl.Oc1ccc2[nH]cc(C3CCN(CCc4ccccc4)CC3)c2c1. The monoisotopic (exact) mass is 356 g/mol. The molecule has 3 aromatic rings. The molecule has 0 atom stereocenters. The third-order valence-electron chi connectivity index (χ3n) is 5.28. The molecule has 0 saturated carbocycles. The quantitative estimate of drug-likeness (QED) is 0.710. The molecule has 1 aliphatic heterocycles. The molecule has 0 radical (unpaired) electrons. The van der Waals surface area contributed by atoms with Gasteiger partial charge in [0.2, 0.25) is 0 Å². The minimum atomic E-state index is 0. The first-order valence-electron chi connectivity index (χ1n) is 8.86. The minimum absolute atomic E-state index is 0. The number of aromatic nitrogens is 1. The molecule has 3 nitrogen and oxygen atoms in total. The van der Waals surface area contributed by atoms with Gasteiger partial charge in [-0.25, -0.2) is 0 Å². The van der Waals surface area contributed by atoms with Crippen LogP contribution in [0.4, 0.5) is 0 Å². The molecule has 1 aliphatic rings. The predicted octanol–water partition coefficient (Wildman–Crippen LogP) is 4.72. The molecule has 1 aromatic heterocycles. The van der Waals surface area contributed by atoms with Gasteiger partial charge in [0.15, 0.2) is 0 Å². The summed E-state index contributed by atoms with van der Waals surface area (Å²) in [4.78, 5) is 5.93. The Labute approximate surface area is 155 Å². The second-order valence-electron chi connectivity index (χ2n) is 6.83. The van der Waals surface area contributed by atoms with Crippen LogP contribution in [0.5, 0.6) is 5.75 Å². The lowest BCUT2D eigenvalue weighted by molar-refractivity contribution is 0.215. The number of aromatic hydroxyl groups is 1. The van der Waals surface area contributed by atoms with Crippen LogP contribution in [-0.4, -0.2) is 34.6 Å². The van der Waals surface area contributed by atoms with Crippen molar-refractivity contribution in [3.05, 3.63) is 65.9 Å². The zero-order valence-electron chi connectivity index (χ0n) is 14.3. The van der Waals surface area contributed by atoms with Gasteiger partial charge >= 0.3 is 0 Å². The van der Waals surface area contributed by atoms with E-state index < -0.39 is 0 Å². The van der Waals surface area contributed by atoms with Gasteiger partial charge in [-0.2, -0.15) is 0 Å². The average Bonchev–Trinajstić information content (AvgIpc) is 3.04. The molecule has 0 unspecified atom stereocenters. The molecule has 1 fully saturated rings. The molecular weight excluding hydrogens is 332 g/mol. The summed E-state index contributed by atoms with van der Waals surface area (Å²) in [7, 11) is 0. The van der Waals surface area contributed by atoms with Gasteiger partial charge in [-0.15, -0.1) is 12.4 Å². The van der Waals surface area contributed by atoms with Crippen LogP contribution < -0.4 is 0 Å². The highest BCUT2D eigenvalue weighted by Gasteiger charge is 2.22. The minimum Gasteiger partial charge on any atom is -0.508 e. The Morgan fingerprint density at radius 3 is 2.56 bits per heavy atom. The number of fused-ring (bicyclic) bond motifs is 1. The van der Waals surface area contributed by atoms with Gasteiger partial charge in [-0.3, -0.25) is 0 Å². The number of rotatable bonds is 4. The van der Waals surface area contributed by atoms with Crippen molar-refractivity contribution < 1.29 is 5.11 Å². The number of piperidine rings is 1. The number of nitrogens with zero attached hydrogens (tertiary/aromatic N) is 1. The van der Waals surface area contributed by atoms with Gasteiger partial charge in [-0.05, 0) is 67.6 Å². The summed E-state index contributed by atoms with van der Waals surface area (Å²) in [6.07, 6.45) is 5.65. The topological polar surface area (TPSA) is 39.3 Å². The average molecular weight is 357 g/mol. The van der Waals surface area contributed by atoms with Gasteiger partial charge in [-0.1, -0.05) is 30.3 Å². The van der Waals surface area contributed by atoms with E-state index in [2.05, 4.69) is 46.4 Å². The number of benzene rings is 2. The molecule has 25 heavy (non-hydrogen) atoms. The first-order valence-corrected chi connectivity index (χ1v) is 8.86. The molecule has 4 heteroatoms. The van der Waals surface area contributed by atoms with Crippen LogP contribution in [-0.2, 0) is 6.42 Å². The smallest absolute Gasteiger partial charge is 0.116 e. The van der Waals surface area contributed by atoms with E-state index in [4.69, 9.17) is 0 Å². The Hall–Kier alpha value is -1.97. The van der Waals surface area contributed by atoms with Crippen molar-refractivity contribution in [2.45, 2.75) is 25.2 Å². The number of phenolic OH excluding ortho intramolecular Hbond substituents is 1. The van der Waals surface area contributed by atoms with E-state index in [0.717, 1.165) is 31.6 Å². The fraction of sp³-hybridized carbons (Fsp3) is 0.333. The van der Waals surface area contributed by atoms with Crippen LogP contribution in [0.1, 0.15) is 29.9 Å². The van der Waals surface area contributed by atoms with Crippen molar-refractivity contribution in [3.63, 3.8) is 0 Å². The third kappa shape index (κ3) is 4.00. The number of aromatic amines is 1. The summed E-state index contributed by atoms with van der Waals surface area (Å²) in [6.45, 7) is 3.46. The van der Waals surface area contributed by atoms with E-state index >= 15 is 0 Å². The molecule has 0 amide bonds. The van der Waals surface area contributed by atoms with Crippen LogP contribution in [0.2, 0.25) is 0 Å². The van der Waals surface area contributed by atoms with Crippen molar-refractivity contribution in [2.24, 2.45) is 0 Å². The lowest BCUT2D eigenvalue weighted by Crippen LogP contribution is -2.34. The lowest BCUT2D eigenvalue weighted by Gasteiger charge is -2.32. The molecule has 2 heterocycles. The zero-order valence-corrected chi connectivity index (χ0v) is 15.1. The van der Waals surface area contributed by atoms with Crippen LogP contribution >= 0.6 is 12.4 Å². The molecule has 1 saturated heterocycles. The first kappa shape index (κ1) is 17.8. The summed E-state index contributed by atoms with van der Waals surface area (Å²) in [5.41, 5.74) is 3.91. The van der Waals surface area contributed by atoms with E-state index in [1.165, 1.54) is 29.4 Å². The summed E-state index contributed by atoms with van der Waals surface area (Å²) < 4.78 is 0. The van der Waals surface area contributed by atoms with E-state index in [1.807, 2.05) is 12.1 Å². The summed E-state index contributed by atoms with van der Waals surface area (Å²) in [6, 6.07) is 16.3. The molecule has 0 spiro atoms. The highest BCUT2D eigenvalue weighted by atomic mass is 35.5. The molecule has 0 aliphatic carbocycles. The Morgan fingerprint density at radius 1 is 1.04 bits per heavy atom. The van der Waals surface area contributed by atoms with Gasteiger partial charge in [0.1, 0.15) is 5.75 Å². The zero-order chi connectivity index (χ0) is 16.4. The molecule has 2 N–H and O–H groups in total. The Morgan fingerprint density at radius 2 is 1.80 bits per heavy atom. The number of nitrogens with one attached hydrogen (secondary N) is 1. The van der Waals surface area contributed by atoms with Crippen LogP contribution in [0.15, 0.2) is 54.7 Å². The normalized spacial score (nSPS) is 16.0. The molecular formula is C21H25ClN2O. The fourth-order valence-corrected chi connectivity index (χ4v) is 3.87. The maximum absolute atomic E-state index is 9.77. The van der Waals surface area contributed by atoms with E-state index in [0.29, 0.717) is 11.7 Å². The second-order valence-corrected chi connectivity index (χ2v) is 6.83. The summed E-state index contributed by atoms with van der Waals surface area (Å²) in [5.74, 6) is 0.942. The Balaban J connectivity index is 0.00000182. The number of hydrogen-bond donors (Lipinski definition) is 2. The number of halogens is 1. The van der Waals surface area contributed by atoms with Crippen molar-refractivity contribution in [1.29, 1.82) is 0 Å². The summed E-state index contributed by atoms with van der Waals surface area (Å²) in [5, 5.41) is 10.9. The molecule has 132 valence electrons. The van der Waals surface area contributed by atoms with Crippen molar-refractivity contribution in [3.8, 4) is 5.75 Å². The van der Waals surface area contributed by atoms with Crippen molar-refractivity contribution >= 4 is 23.3 Å². The third-order valence-corrected chi connectivity index (χ3v) is 5.28. The van der Waals surface area contributed by atoms with Gasteiger partial charge < -0.3 is 15.0 Å². The predicted molar refractivity (Wildman–Crippen MR) is 106 cm³/mol. The molecule has 4 rings (SSSR count). The maximum atomic E-state index is 9.77. The van der Waals surface area contributed by atoms with Crippen molar-refractivity contribution in [1.82, 2.24) is 9.88 Å². The summed E-state index contributed by atoms with van der Waals surface area (Å²) >= 11 is 0. The van der Waals surface area contributed by atoms with E-state index in [1.54, 1.807) is 6.07 Å². The van der Waals surface area contributed by atoms with Gasteiger partial charge in [0.05, 0.1) is 0 Å². The van der Waals surface area contributed by atoms with Crippen molar-refractivity contribution in [2.75, 3.05) is 19.6 Å². The van der Waals surface area contributed by atoms with Crippen LogP contribution in [0, 0.1) is 0 Å². The standard InChI is InChI=1S/C21H24N2O.ClH/c24-18-6-7-21-19(14-18)20(15-22-21)17-9-12-23(13-10-17)11-8-16-4-2-1-3-5-16;/h1-7,14-15,17,22,24H,8-13H2;1H. The van der Waals surface area contributed by atoms with Crippen LogP contribution in [0.25, 0.3) is 10.9 Å². The number of phenols is 1. The Bertz CT molecular complexity index is 807. The van der Waals surface area contributed by atoms with Gasteiger partial charge in [0, 0.05) is 23.6 Å². The number of H-pyrrole nitrogens is 1. The first-order chi connectivity index (χ1) is 11.8. The Kier molecular flexibility index (Phi) is 5.67. The van der Waals surface area contributed by atoms with E-state index in [-0.39, 0.29) is 12.4 Å². The van der Waals surface area contributed by atoms with Gasteiger partial charge in [0.25, 0.3) is 0 Å². The van der Waals surface area contributed by atoms with E-state index in [9.17, 15) is 5.11 Å². The maximum Gasteiger partial charge on any atom is 0.116 e. The highest BCUT2D eigenvalue weighted by Crippen LogP contribution is 2.34.